The number of rotatable bonds is 4. The summed E-state index contributed by atoms with van der Waals surface area (Å²) in [6.07, 6.45) is 5.37. The van der Waals surface area contributed by atoms with Crippen molar-refractivity contribution in [2.75, 3.05) is 6.61 Å². The number of aliphatic hydroxyl groups excluding tert-OH is 1. The van der Waals surface area contributed by atoms with Gasteiger partial charge in [0, 0.05) is 6.04 Å². The second-order valence-corrected chi connectivity index (χ2v) is 5.53. The minimum absolute atomic E-state index is 0.0625. The highest BCUT2D eigenvalue weighted by Gasteiger charge is 2.26. The first-order valence-corrected chi connectivity index (χ1v) is 6.59. The number of aliphatic hydroxyl groups is 1. The van der Waals surface area contributed by atoms with Crippen LogP contribution in [0.2, 0.25) is 0 Å². The fraction of sp³-hybridized carbons (Fsp3) is 0.714. The lowest BCUT2D eigenvalue weighted by Gasteiger charge is -2.34. The van der Waals surface area contributed by atoms with Crippen LogP contribution in [0.15, 0.2) is 22.8 Å². The molecular weight excluding hydrogens is 214 g/mol. The van der Waals surface area contributed by atoms with E-state index in [1.807, 2.05) is 12.1 Å². The predicted octanol–water partition coefficient (Wildman–Crippen LogP) is 2.73. The van der Waals surface area contributed by atoms with E-state index in [-0.39, 0.29) is 12.6 Å². The molecule has 3 heteroatoms. The van der Waals surface area contributed by atoms with Crippen molar-refractivity contribution in [3.63, 3.8) is 0 Å². The Morgan fingerprint density at radius 2 is 2.06 bits per heavy atom. The maximum atomic E-state index is 9.44. The van der Waals surface area contributed by atoms with Gasteiger partial charge < -0.3 is 14.8 Å². The van der Waals surface area contributed by atoms with Gasteiger partial charge in [-0.1, -0.05) is 13.8 Å². The normalized spacial score (nSPS) is 31.4. The largest absolute Gasteiger partial charge is 0.468 e. The molecule has 0 amide bonds. The van der Waals surface area contributed by atoms with E-state index >= 15 is 0 Å². The number of hydrogen-bond donors (Lipinski definition) is 2. The van der Waals surface area contributed by atoms with Crippen molar-refractivity contribution >= 4 is 0 Å². The van der Waals surface area contributed by atoms with Gasteiger partial charge >= 0.3 is 0 Å². The highest BCUT2D eigenvalue weighted by atomic mass is 16.3. The van der Waals surface area contributed by atoms with E-state index in [9.17, 15) is 5.11 Å². The smallest absolute Gasteiger partial charge is 0.123 e. The predicted molar refractivity (Wildman–Crippen MR) is 67.6 cm³/mol. The third-order valence-corrected chi connectivity index (χ3v) is 3.68. The Balaban J connectivity index is 1.94. The van der Waals surface area contributed by atoms with Gasteiger partial charge in [-0.2, -0.15) is 0 Å². The zero-order valence-corrected chi connectivity index (χ0v) is 10.7. The Bertz CT molecular complexity index is 313. The van der Waals surface area contributed by atoms with Gasteiger partial charge in [-0.15, -0.1) is 0 Å². The molecule has 1 fully saturated rings. The van der Waals surface area contributed by atoms with Gasteiger partial charge in [0.1, 0.15) is 5.76 Å². The second-order valence-electron chi connectivity index (χ2n) is 5.53. The van der Waals surface area contributed by atoms with Crippen LogP contribution in [0.3, 0.4) is 0 Å². The summed E-state index contributed by atoms with van der Waals surface area (Å²) >= 11 is 0. The molecule has 0 aliphatic heterocycles. The molecule has 1 heterocycles. The van der Waals surface area contributed by atoms with Gasteiger partial charge in [0.05, 0.1) is 18.9 Å². The Kier molecular flexibility index (Phi) is 4.24. The monoisotopic (exact) mass is 237 g/mol. The van der Waals surface area contributed by atoms with E-state index in [1.165, 1.54) is 19.3 Å². The molecule has 0 bridgehead atoms. The molecule has 0 spiro atoms. The lowest BCUT2D eigenvalue weighted by atomic mass is 9.80. The van der Waals surface area contributed by atoms with Crippen LogP contribution in [0.4, 0.5) is 0 Å². The van der Waals surface area contributed by atoms with E-state index < -0.39 is 0 Å². The summed E-state index contributed by atoms with van der Waals surface area (Å²) in [5.74, 6) is 2.37. The van der Waals surface area contributed by atoms with Gasteiger partial charge in [0.2, 0.25) is 0 Å². The summed E-state index contributed by atoms with van der Waals surface area (Å²) in [6.45, 7) is 4.71. The Morgan fingerprint density at radius 3 is 2.59 bits per heavy atom. The van der Waals surface area contributed by atoms with E-state index in [0.29, 0.717) is 6.04 Å². The molecule has 1 aromatic heterocycles. The topological polar surface area (TPSA) is 45.4 Å². The lowest BCUT2D eigenvalue weighted by Crippen LogP contribution is -2.39. The first-order valence-electron chi connectivity index (χ1n) is 6.59. The number of nitrogens with one attached hydrogen (secondary N) is 1. The van der Waals surface area contributed by atoms with Crippen molar-refractivity contribution in [2.45, 2.75) is 45.2 Å². The number of furan rings is 1. The lowest BCUT2D eigenvalue weighted by molar-refractivity contribution is 0.175. The van der Waals surface area contributed by atoms with Crippen LogP contribution < -0.4 is 5.32 Å². The van der Waals surface area contributed by atoms with E-state index in [0.717, 1.165) is 17.6 Å². The average Bonchev–Trinajstić information content (AvgIpc) is 2.77. The summed E-state index contributed by atoms with van der Waals surface area (Å²) in [5, 5.41) is 13.0. The molecule has 17 heavy (non-hydrogen) atoms. The Hall–Kier alpha value is -0.800. The molecule has 0 aromatic carbocycles. The molecule has 1 aromatic rings. The first kappa shape index (κ1) is 12.7. The summed E-state index contributed by atoms with van der Waals surface area (Å²) in [6, 6.07) is 4.22. The van der Waals surface area contributed by atoms with Gasteiger partial charge in [0.25, 0.3) is 0 Å². The van der Waals surface area contributed by atoms with Crippen molar-refractivity contribution < 1.29 is 9.52 Å². The fourth-order valence-corrected chi connectivity index (χ4v) is 3.08. The summed E-state index contributed by atoms with van der Waals surface area (Å²) in [4.78, 5) is 0. The highest BCUT2D eigenvalue weighted by Crippen LogP contribution is 2.30. The van der Waals surface area contributed by atoms with Crippen molar-refractivity contribution in [2.24, 2.45) is 11.8 Å². The van der Waals surface area contributed by atoms with Crippen molar-refractivity contribution in [3.05, 3.63) is 24.2 Å². The summed E-state index contributed by atoms with van der Waals surface area (Å²) in [7, 11) is 0. The first-order chi connectivity index (χ1) is 8.19. The van der Waals surface area contributed by atoms with Gasteiger partial charge in [-0.25, -0.2) is 0 Å². The summed E-state index contributed by atoms with van der Waals surface area (Å²) < 4.78 is 5.36. The van der Waals surface area contributed by atoms with Crippen LogP contribution in [0, 0.1) is 11.8 Å². The van der Waals surface area contributed by atoms with E-state index in [4.69, 9.17) is 4.42 Å². The molecule has 3 nitrogen and oxygen atoms in total. The molecule has 0 radical (unpaired) electrons. The van der Waals surface area contributed by atoms with Crippen molar-refractivity contribution in [3.8, 4) is 0 Å². The molecule has 3 atom stereocenters. The average molecular weight is 237 g/mol. The molecule has 96 valence electrons. The highest BCUT2D eigenvalue weighted by molar-refractivity contribution is 5.05. The molecule has 2 N–H and O–H groups in total. The minimum atomic E-state index is -0.0625. The standard InChI is InChI=1S/C14H23NO2/c1-10-6-11(2)8-12(7-10)15-13(9-16)14-4-3-5-17-14/h3-5,10-13,15-16H,6-9H2,1-2H3. The zero-order chi connectivity index (χ0) is 12.3. The van der Waals surface area contributed by atoms with E-state index in [1.54, 1.807) is 6.26 Å². The molecule has 1 saturated carbocycles. The van der Waals surface area contributed by atoms with Crippen LogP contribution >= 0.6 is 0 Å². The SMILES string of the molecule is CC1CC(C)CC(NC(CO)c2ccco2)C1. The molecular formula is C14H23NO2. The molecule has 2 rings (SSSR count). The maximum Gasteiger partial charge on any atom is 0.123 e. The van der Waals surface area contributed by atoms with Crippen LogP contribution in [-0.4, -0.2) is 17.8 Å². The quantitative estimate of drug-likeness (QED) is 0.846. The molecule has 1 aliphatic rings. The van der Waals surface area contributed by atoms with Crippen LogP contribution in [0.1, 0.15) is 44.9 Å². The van der Waals surface area contributed by atoms with Crippen molar-refractivity contribution in [1.29, 1.82) is 0 Å². The Labute approximate surface area is 103 Å². The van der Waals surface area contributed by atoms with Crippen LogP contribution in [0.5, 0.6) is 0 Å². The maximum absolute atomic E-state index is 9.44. The third kappa shape index (κ3) is 3.33. The molecule has 3 unspecified atom stereocenters. The second kappa shape index (κ2) is 5.69. The van der Waals surface area contributed by atoms with Crippen molar-refractivity contribution in [1.82, 2.24) is 5.32 Å². The van der Waals surface area contributed by atoms with E-state index in [2.05, 4.69) is 19.2 Å². The van der Waals surface area contributed by atoms with Gasteiger partial charge in [0.15, 0.2) is 0 Å². The minimum Gasteiger partial charge on any atom is -0.468 e. The zero-order valence-electron chi connectivity index (χ0n) is 10.7. The summed E-state index contributed by atoms with van der Waals surface area (Å²) in [5.41, 5.74) is 0. The number of hydrogen-bond acceptors (Lipinski definition) is 3. The van der Waals surface area contributed by atoms with Crippen LogP contribution in [0.25, 0.3) is 0 Å². The molecule has 1 aliphatic carbocycles. The van der Waals surface area contributed by atoms with Crippen LogP contribution in [-0.2, 0) is 0 Å². The molecule has 0 saturated heterocycles. The third-order valence-electron chi connectivity index (χ3n) is 3.68. The van der Waals surface area contributed by atoms with Gasteiger partial charge in [-0.05, 0) is 43.2 Å². The Morgan fingerprint density at radius 1 is 1.35 bits per heavy atom. The van der Waals surface area contributed by atoms with Gasteiger partial charge in [-0.3, -0.25) is 0 Å². The fourth-order valence-electron chi connectivity index (χ4n) is 3.08.